The third-order valence-electron chi connectivity index (χ3n) is 3.69. The molecule has 22 heavy (non-hydrogen) atoms. The van der Waals surface area contributed by atoms with E-state index in [-0.39, 0.29) is 0 Å². The second kappa shape index (κ2) is 5.48. The van der Waals surface area contributed by atoms with E-state index in [0.29, 0.717) is 13.2 Å². The summed E-state index contributed by atoms with van der Waals surface area (Å²) in [5.74, 6) is 1.72. The molecule has 0 fully saturated rings. The Balaban J connectivity index is 1.65. The molecule has 6 heteroatoms. The molecule has 6 nitrogen and oxygen atoms in total. The Labute approximate surface area is 127 Å². The van der Waals surface area contributed by atoms with Gasteiger partial charge >= 0.3 is 0 Å². The number of aromatic nitrogens is 4. The Morgan fingerprint density at radius 2 is 1.82 bits per heavy atom. The van der Waals surface area contributed by atoms with Crippen molar-refractivity contribution in [2.45, 2.75) is 6.54 Å². The van der Waals surface area contributed by atoms with Crippen LogP contribution < -0.4 is 9.64 Å². The lowest BCUT2D eigenvalue weighted by atomic mass is 10.2. The first kappa shape index (κ1) is 12.8. The number of hydrogen-bond acceptors (Lipinski definition) is 5. The van der Waals surface area contributed by atoms with Crippen LogP contribution in [0.1, 0.15) is 5.82 Å². The maximum Gasteiger partial charge on any atom is 0.175 e. The number of anilines is 1. The van der Waals surface area contributed by atoms with Crippen molar-refractivity contribution in [1.29, 1.82) is 0 Å². The fourth-order valence-corrected chi connectivity index (χ4v) is 2.64. The van der Waals surface area contributed by atoms with E-state index in [9.17, 15) is 0 Å². The number of ether oxygens (including phenoxy) is 1. The fourth-order valence-electron chi connectivity index (χ4n) is 2.64. The van der Waals surface area contributed by atoms with Gasteiger partial charge in [0.2, 0.25) is 0 Å². The summed E-state index contributed by atoms with van der Waals surface area (Å²) in [6.07, 6.45) is 0. The molecular formula is C16H15N5O. The van der Waals surface area contributed by atoms with E-state index in [0.717, 1.165) is 29.5 Å². The number of nitrogens with zero attached hydrogens (tertiary/aromatic N) is 5. The van der Waals surface area contributed by atoms with Crippen LogP contribution in [0.15, 0.2) is 54.6 Å². The van der Waals surface area contributed by atoms with Crippen molar-refractivity contribution >= 4 is 5.69 Å². The quantitative estimate of drug-likeness (QED) is 0.740. The minimum atomic E-state index is 0.641. The minimum absolute atomic E-state index is 0.641. The first-order chi connectivity index (χ1) is 10.9. The molecule has 2 heterocycles. The maximum atomic E-state index is 5.69. The molecule has 110 valence electrons. The summed E-state index contributed by atoms with van der Waals surface area (Å²) >= 11 is 0. The van der Waals surface area contributed by atoms with Crippen LogP contribution >= 0.6 is 0 Å². The maximum absolute atomic E-state index is 5.69. The average Bonchev–Trinajstić information content (AvgIpc) is 3.04. The molecule has 0 saturated carbocycles. The molecule has 0 atom stereocenters. The summed E-state index contributed by atoms with van der Waals surface area (Å²) in [5.41, 5.74) is 2.04. The van der Waals surface area contributed by atoms with E-state index >= 15 is 0 Å². The van der Waals surface area contributed by atoms with Crippen LogP contribution in [0, 0.1) is 0 Å². The van der Waals surface area contributed by atoms with Crippen molar-refractivity contribution in [2.75, 3.05) is 18.1 Å². The van der Waals surface area contributed by atoms with Crippen LogP contribution in [0.4, 0.5) is 5.69 Å². The molecule has 4 rings (SSSR count). The SMILES string of the molecule is c1ccc(-n2nnnc2CN2CCOc3ccccc32)cc1. The zero-order valence-electron chi connectivity index (χ0n) is 12.0. The van der Waals surface area contributed by atoms with Gasteiger partial charge in [-0.05, 0) is 34.7 Å². The third kappa shape index (κ3) is 2.28. The number of rotatable bonds is 3. The highest BCUT2D eigenvalue weighted by Crippen LogP contribution is 2.31. The smallest absolute Gasteiger partial charge is 0.175 e. The van der Waals surface area contributed by atoms with Crippen LogP contribution in [0.25, 0.3) is 5.69 Å². The molecular weight excluding hydrogens is 278 g/mol. The predicted octanol–water partition coefficient (Wildman–Crippen LogP) is 2.06. The van der Waals surface area contributed by atoms with Gasteiger partial charge in [-0.3, -0.25) is 0 Å². The summed E-state index contributed by atoms with van der Waals surface area (Å²) in [5, 5.41) is 12.1. The van der Waals surface area contributed by atoms with Crippen molar-refractivity contribution < 1.29 is 4.74 Å². The van der Waals surface area contributed by atoms with Gasteiger partial charge in [0.05, 0.1) is 24.5 Å². The lowest BCUT2D eigenvalue weighted by molar-refractivity contribution is 0.306. The number of para-hydroxylation sites is 3. The molecule has 2 aromatic carbocycles. The highest BCUT2D eigenvalue weighted by atomic mass is 16.5. The first-order valence-corrected chi connectivity index (χ1v) is 7.21. The summed E-state index contributed by atoms with van der Waals surface area (Å²) in [4.78, 5) is 2.24. The van der Waals surface area contributed by atoms with Crippen LogP contribution in [-0.4, -0.2) is 33.4 Å². The lowest BCUT2D eigenvalue weighted by Crippen LogP contribution is -2.33. The van der Waals surface area contributed by atoms with E-state index in [1.54, 1.807) is 4.68 Å². The minimum Gasteiger partial charge on any atom is -0.490 e. The van der Waals surface area contributed by atoms with Gasteiger partial charge in [0.1, 0.15) is 12.4 Å². The first-order valence-electron chi connectivity index (χ1n) is 7.21. The van der Waals surface area contributed by atoms with E-state index in [1.807, 2.05) is 48.5 Å². The Kier molecular flexibility index (Phi) is 3.19. The van der Waals surface area contributed by atoms with Crippen molar-refractivity contribution in [3.63, 3.8) is 0 Å². The molecule has 0 bridgehead atoms. The van der Waals surface area contributed by atoms with Crippen molar-refractivity contribution in [1.82, 2.24) is 20.2 Å². The van der Waals surface area contributed by atoms with Crippen molar-refractivity contribution in [3.05, 3.63) is 60.4 Å². The van der Waals surface area contributed by atoms with E-state index in [2.05, 4.69) is 26.5 Å². The van der Waals surface area contributed by atoms with Crippen molar-refractivity contribution in [3.8, 4) is 11.4 Å². The van der Waals surface area contributed by atoms with Gasteiger partial charge in [-0.15, -0.1) is 5.10 Å². The zero-order valence-corrected chi connectivity index (χ0v) is 12.0. The summed E-state index contributed by atoms with van der Waals surface area (Å²) in [6, 6.07) is 18.0. The van der Waals surface area contributed by atoms with E-state index in [1.165, 1.54) is 0 Å². The van der Waals surface area contributed by atoms with Crippen LogP contribution in [0.5, 0.6) is 5.75 Å². The number of tetrazole rings is 1. The van der Waals surface area contributed by atoms with Gasteiger partial charge in [-0.2, -0.15) is 4.68 Å². The molecule has 1 aliphatic heterocycles. The monoisotopic (exact) mass is 293 g/mol. The highest BCUT2D eigenvalue weighted by molar-refractivity contribution is 5.59. The molecule has 0 radical (unpaired) electrons. The molecule has 0 unspecified atom stereocenters. The van der Waals surface area contributed by atoms with Gasteiger partial charge in [0.25, 0.3) is 0 Å². The Morgan fingerprint density at radius 1 is 1.00 bits per heavy atom. The number of fused-ring (bicyclic) bond motifs is 1. The Hall–Kier alpha value is -2.89. The Morgan fingerprint density at radius 3 is 2.73 bits per heavy atom. The summed E-state index contributed by atoms with van der Waals surface area (Å²) in [6.45, 7) is 2.13. The number of benzene rings is 2. The van der Waals surface area contributed by atoms with E-state index < -0.39 is 0 Å². The molecule has 0 saturated heterocycles. The molecule has 0 aliphatic carbocycles. The second-order valence-electron chi connectivity index (χ2n) is 5.08. The van der Waals surface area contributed by atoms with Gasteiger partial charge in [0, 0.05) is 0 Å². The topological polar surface area (TPSA) is 56.1 Å². The van der Waals surface area contributed by atoms with Gasteiger partial charge in [-0.1, -0.05) is 30.3 Å². The molecule has 1 aromatic heterocycles. The summed E-state index contributed by atoms with van der Waals surface area (Å²) < 4.78 is 7.46. The standard InChI is InChI=1S/C16H15N5O/c1-2-6-13(7-3-1)21-16(17-18-19-21)12-20-10-11-22-15-9-5-4-8-14(15)20/h1-9H,10-12H2. The number of hydrogen-bond donors (Lipinski definition) is 0. The Bertz CT molecular complexity index is 771. The molecule has 3 aromatic rings. The molecule has 0 amide bonds. The van der Waals surface area contributed by atoms with Gasteiger partial charge in [0.15, 0.2) is 5.82 Å². The zero-order chi connectivity index (χ0) is 14.8. The third-order valence-corrected chi connectivity index (χ3v) is 3.69. The van der Waals surface area contributed by atoms with Crippen LogP contribution in [0.2, 0.25) is 0 Å². The fraction of sp³-hybridized carbons (Fsp3) is 0.188. The largest absolute Gasteiger partial charge is 0.490 e. The highest BCUT2D eigenvalue weighted by Gasteiger charge is 2.20. The molecule has 0 N–H and O–H groups in total. The average molecular weight is 293 g/mol. The lowest BCUT2D eigenvalue weighted by Gasteiger charge is -2.30. The van der Waals surface area contributed by atoms with Crippen LogP contribution in [-0.2, 0) is 6.54 Å². The van der Waals surface area contributed by atoms with Crippen molar-refractivity contribution in [2.24, 2.45) is 0 Å². The van der Waals surface area contributed by atoms with Gasteiger partial charge < -0.3 is 9.64 Å². The summed E-state index contributed by atoms with van der Waals surface area (Å²) in [7, 11) is 0. The van der Waals surface area contributed by atoms with Crippen LogP contribution in [0.3, 0.4) is 0 Å². The van der Waals surface area contributed by atoms with Gasteiger partial charge in [-0.25, -0.2) is 0 Å². The predicted molar refractivity (Wildman–Crippen MR) is 82.1 cm³/mol. The normalized spacial score (nSPS) is 13.5. The van der Waals surface area contributed by atoms with E-state index in [4.69, 9.17) is 4.74 Å². The second-order valence-corrected chi connectivity index (χ2v) is 5.08. The molecule has 0 spiro atoms. The molecule has 1 aliphatic rings.